The number of tetrazole rings is 1. The number of hydrogen-bond acceptors (Lipinski definition) is 5. The maximum Gasteiger partial charge on any atom is 1.00 e. The maximum atomic E-state index is 12.2. The largest absolute Gasteiger partial charge is 1.00 e. The van der Waals surface area contributed by atoms with Crippen LogP contribution in [0.1, 0.15) is 6.93 Å². The van der Waals surface area contributed by atoms with Crippen molar-refractivity contribution in [2.45, 2.75) is 6.92 Å². The van der Waals surface area contributed by atoms with E-state index in [-0.39, 0.29) is 74.4 Å². The van der Waals surface area contributed by atoms with Crippen molar-refractivity contribution in [3.8, 4) is 11.4 Å². The molecule has 0 bridgehead atoms. The van der Waals surface area contributed by atoms with Crippen molar-refractivity contribution in [2.24, 2.45) is 0 Å². The van der Waals surface area contributed by atoms with E-state index in [9.17, 15) is 4.79 Å². The van der Waals surface area contributed by atoms with E-state index in [1.54, 1.807) is 13.0 Å². The monoisotopic (exact) mass is 267 g/mol. The van der Waals surface area contributed by atoms with Crippen molar-refractivity contribution in [3.05, 3.63) is 40.4 Å². The van der Waals surface area contributed by atoms with E-state index in [1.165, 1.54) is 16.8 Å². The number of pyridine rings is 1. The van der Waals surface area contributed by atoms with Crippen molar-refractivity contribution in [3.63, 3.8) is 0 Å². The summed E-state index contributed by atoms with van der Waals surface area (Å²) in [4.78, 5) is 16.4. The van der Waals surface area contributed by atoms with Gasteiger partial charge in [-0.25, -0.2) is 4.98 Å². The van der Waals surface area contributed by atoms with Crippen LogP contribution in [0.25, 0.3) is 17.0 Å². The Morgan fingerprint density at radius 3 is 3.06 bits per heavy atom. The first-order valence-corrected chi connectivity index (χ1v) is 4.84. The van der Waals surface area contributed by atoms with Crippen LogP contribution in [0.2, 0.25) is 0 Å². The van der Waals surface area contributed by atoms with E-state index in [1.807, 2.05) is 0 Å². The third-order valence-electron chi connectivity index (χ3n) is 2.41. The third-order valence-corrected chi connectivity index (χ3v) is 2.41. The molecule has 7 nitrogen and oxygen atoms in total. The van der Waals surface area contributed by atoms with Gasteiger partial charge >= 0.3 is 51.4 Å². The van der Waals surface area contributed by atoms with Crippen molar-refractivity contribution >= 4 is 5.65 Å². The van der Waals surface area contributed by atoms with Gasteiger partial charge in [-0.2, -0.15) is 5.21 Å². The van der Waals surface area contributed by atoms with E-state index in [4.69, 9.17) is 1.37 Å². The van der Waals surface area contributed by atoms with Gasteiger partial charge in [-0.3, -0.25) is 19.5 Å². The van der Waals surface area contributed by atoms with Crippen LogP contribution in [-0.4, -0.2) is 24.9 Å². The maximum absolute atomic E-state index is 12.2. The second-order valence-corrected chi connectivity index (χ2v) is 3.50. The Kier molecular flexibility index (Phi) is 3.61. The predicted molar refractivity (Wildman–Crippen MR) is 58.3 cm³/mol. The first-order chi connectivity index (χ1) is 8.66. The van der Waals surface area contributed by atoms with E-state index in [0.717, 1.165) is 5.56 Å². The molecule has 0 saturated carbocycles. The summed E-state index contributed by atoms with van der Waals surface area (Å²) >= 11 is 0. The first kappa shape index (κ1) is 12.1. The van der Waals surface area contributed by atoms with Crippen LogP contribution in [0.5, 0.6) is 0 Å². The Hall–Kier alpha value is -0.934. The molecular weight excluding hydrogens is 259 g/mol. The van der Waals surface area contributed by atoms with Crippen LogP contribution < -0.4 is 62.0 Å². The zero-order valence-electron chi connectivity index (χ0n) is 10.8. The Labute approximate surface area is 145 Å². The molecule has 3 aromatic heterocycles. The smallest absolute Gasteiger partial charge is 0.330 e. The molecule has 0 N–H and O–H groups in total. The molecule has 0 aromatic carbocycles. The van der Waals surface area contributed by atoms with Gasteiger partial charge in [0.15, 0.2) is 0 Å². The van der Waals surface area contributed by atoms with Gasteiger partial charge in [0.1, 0.15) is 5.65 Å². The summed E-state index contributed by atoms with van der Waals surface area (Å²) in [6, 6.07) is 1.88. The fraction of sp³-hybridized carbons (Fsp3) is 0.100. The van der Waals surface area contributed by atoms with Gasteiger partial charge in [-0.05, 0) is 18.5 Å². The van der Waals surface area contributed by atoms with Gasteiger partial charge in [0.2, 0.25) is 0 Å². The van der Waals surface area contributed by atoms with Gasteiger partial charge in [-0.15, -0.1) is 0 Å². The molecule has 0 aliphatic carbocycles. The number of nitrogens with zero attached hydrogens (tertiary/aromatic N) is 6. The molecule has 0 fully saturated rings. The molecule has 3 heterocycles. The van der Waals surface area contributed by atoms with Crippen LogP contribution in [0.15, 0.2) is 29.3 Å². The second-order valence-electron chi connectivity index (χ2n) is 3.50. The van der Waals surface area contributed by atoms with Crippen molar-refractivity contribution in [1.82, 2.24) is 30.0 Å². The molecule has 0 atom stereocenters. The molecular formula is C10H7KN6O. The minimum Gasteiger partial charge on any atom is -0.330 e. The van der Waals surface area contributed by atoms with E-state index in [0.29, 0.717) is 5.65 Å². The SMILES string of the molecule is [2H]c1cc(C)c2ncc(-c3nnn[n-]3)c(=O)n2c1.[K+]. The summed E-state index contributed by atoms with van der Waals surface area (Å²) in [6.07, 6.45) is 2.80. The summed E-state index contributed by atoms with van der Waals surface area (Å²) < 4.78 is 8.93. The third kappa shape index (κ3) is 2.17. The molecule has 8 heteroatoms. The molecule has 0 aliphatic rings. The zero-order chi connectivity index (χ0) is 12.7. The molecule has 0 spiro atoms. The molecule has 0 aliphatic heterocycles. The average Bonchev–Trinajstić information content (AvgIpc) is 2.84. The minimum atomic E-state index is -0.341. The molecule has 0 saturated heterocycles. The standard InChI is InChI=1S/C10H7N6O.K/c1-6-3-2-4-16-9(6)11-5-7(10(16)17)8-12-14-15-13-8;/h2-5H,1H3;/q-1;+1/i2D;. The Morgan fingerprint density at radius 1 is 1.50 bits per heavy atom. The molecule has 3 rings (SSSR count). The normalized spacial score (nSPS) is 11.1. The van der Waals surface area contributed by atoms with E-state index in [2.05, 4.69) is 25.6 Å². The Bertz CT molecular complexity index is 785. The van der Waals surface area contributed by atoms with Gasteiger partial charge in [0.05, 0.1) is 6.93 Å². The summed E-state index contributed by atoms with van der Waals surface area (Å²) in [5.41, 5.74) is 1.13. The molecule has 0 radical (unpaired) electrons. The molecule has 18 heavy (non-hydrogen) atoms. The van der Waals surface area contributed by atoms with E-state index >= 15 is 0 Å². The van der Waals surface area contributed by atoms with Crippen LogP contribution in [0, 0.1) is 6.92 Å². The zero-order valence-corrected chi connectivity index (χ0v) is 12.9. The fourth-order valence-corrected chi connectivity index (χ4v) is 1.59. The molecule has 84 valence electrons. The Balaban J connectivity index is 0.00000133. The van der Waals surface area contributed by atoms with Crippen LogP contribution in [0.3, 0.4) is 0 Å². The summed E-state index contributed by atoms with van der Waals surface area (Å²) in [5, 5.41) is 13.9. The van der Waals surface area contributed by atoms with Gasteiger partial charge in [0, 0.05) is 18.2 Å². The van der Waals surface area contributed by atoms with Crippen molar-refractivity contribution < 1.29 is 52.8 Å². The van der Waals surface area contributed by atoms with Crippen LogP contribution in [-0.2, 0) is 0 Å². The van der Waals surface area contributed by atoms with Gasteiger partial charge < -0.3 is 5.10 Å². The quantitative estimate of drug-likeness (QED) is 0.432. The topological polar surface area (TPSA) is 87.1 Å². The predicted octanol–water partition coefficient (Wildman–Crippen LogP) is -3.18. The average molecular weight is 267 g/mol. The van der Waals surface area contributed by atoms with Crippen molar-refractivity contribution in [1.29, 1.82) is 0 Å². The first-order valence-electron chi connectivity index (χ1n) is 5.34. The number of aromatic nitrogens is 6. The van der Waals surface area contributed by atoms with E-state index < -0.39 is 0 Å². The molecule has 3 aromatic rings. The Morgan fingerprint density at radius 2 is 2.33 bits per heavy atom. The second kappa shape index (κ2) is 5.37. The van der Waals surface area contributed by atoms with Gasteiger partial charge in [0.25, 0.3) is 5.56 Å². The fourth-order valence-electron chi connectivity index (χ4n) is 1.59. The summed E-state index contributed by atoms with van der Waals surface area (Å²) in [7, 11) is 0. The number of fused-ring (bicyclic) bond motifs is 1. The number of hydrogen-bond donors (Lipinski definition) is 0. The van der Waals surface area contributed by atoms with Crippen molar-refractivity contribution in [2.75, 3.05) is 0 Å². The summed E-state index contributed by atoms with van der Waals surface area (Å²) in [5.74, 6) is 0.134. The summed E-state index contributed by atoms with van der Waals surface area (Å²) in [6.45, 7) is 1.79. The number of rotatable bonds is 1. The number of aryl methyl sites for hydroxylation is 1. The minimum absolute atomic E-state index is 0. The van der Waals surface area contributed by atoms with Crippen LogP contribution >= 0.6 is 0 Å². The molecule has 0 amide bonds. The van der Waals surface area contributed by atoms with Crippen LogP contribution in [0.4, 0.5) is 0 Å². The van der Waals surface area contributed by atoms with Gasteiger partial charge in [-0.1, -0.05) is 6.07 Å². The molecule has 0 unspecified atom stereocenters.